The van der Waals surface area contributed by atoms with Crippen molar-refractivity contribution in [2.45, 2.75) is 39.5 Å². The number of aromatic nitrogens is 5. The number of nitrogens with zero attached hydrogens (tertiary/aromatic N) is 5. The molecule has 5 aromatic heterocycles. The second kappa shape index (κ2) is 10.7. The number of benzene rings is 1. The first kappa shape index (κ1) is 27.1. The Balaban J connectivity index is 1.42. The summed E-state index contributed by atoms with van der Waals surface area (Å²) < 4.78 is 34.4. The molecule has 0 aliphatic heterocycles. The fourth-order valence-corrected chi connectivity index (χ4v) is 4.94. The van der Waals surface area contributed by atoms with Crippen molar-refractivity contribution in [3.05, 3.63) is 96.5 Å². The van der Waals surface area contributed by atoms with E-state index in [0.717, 1.165) is 17.1 Å². The summed E-state index contributed by atoms with van der Waals surface area (Å²) in [5.41, 5.74) is 4.53. The number of rotatable bonds is 6. The van der Waals surface area contributed by atoms with E-state index < -0.39 is 11.6 Å². The van der Waals surface area contributed by atoms with Gasteiger partial charge in [0.25, 0.3) is 0 Å². The molecular formula is C33H27F2N5O2. The lowest BCUT2D eigenvalue weighted by Crippen LogP contribution is -2.00. The Bertz CT molecular complexity index is 1980. The molecule has 6 rings (SSSR count). The zero-order valence-electron chi connectivity index (χ0n) is 23.4. The van der Waals surface area contributed by atoms with Gasteiger partial charge in [-0.2, -0.15) is 0 Å². The SMILES string of the molecule is CC(C)c1ncc(-c2nccc3c(Oc4cc(-c5cnc6c(F)c(F)ccc6c5)cnc4C(C)C)ccnc23)cc1O. The second-order valence-corrected chi connectivity index (χ2v) is 10.7. The molecule has 0 atom stereocenters. The molecule has 5 heterocycles. The van der Waals surface area contributed by atoms with E-state index in [0.29, 0.717) is 50.5 Å². The first-order chi connectivity index (χ1) is 20.2. The topological polar surface area (TPSA) is 93.9 Å². The van der Waals surface area contributed by atoms with Gasteiger partial charge in [-0.25, -0.2) is 8.78 Å². The summed E-state index contributed by atoms with van der Waals surface area (Å²) in [6, 6.07) is 11.4. The third-order valence-corrected chi connectivity index (χ3v) is 7.06. The van der Waals surface area contributed by atoms with E-state index in [2.05, 4.69) is 24.9 Å². The van der Waals surface area contributed by atoms with Crippen LogP contribution in [0.5, 0.6) is 17.2 Å². The molecule has 0 spiro atoms. The van der Waals surface area contributed by atoms with Crippen LogP contribution in [0.15, 0.2) is 73.4 Å². The highest BCUT2D eigenvalue weighted by molar-refractivity contribution is 5.95. The summed E-state index contributed by atoms with van der Waals surface area (Å²) in [7, 11) is 0. The molecule has 0 saturated carbocycles. The molecule has 1 aromatic carbocycles. The van der Waals surface area contributed by atoms with Crippen molar-refractivity contribution < 1.29 is 18.6 Å². The van der Waals surface area contributed by atoms with Crippen LogP contribution in [0.3, 0.4) is 0 Å². The van der Waals surface area contributed by atoms with Gasteiger partial charge in [-0.3, -0.25) is 24.9 Å². The Kier molecular flexibility index (Phi) is 6.94. The average molecular weight is 564 g/mol. The van der Waals surface area contributed by atoms with E-state index in [9.17, 15) is 13.9 Å². The Morgan fingerprint density at radius 3 is 2.12 bits per heavy atom. The maximum Gasteiger partial charge on any atom is 0.184 e. The van der Waals surface area contributed by atoms with Crippen LogP contribution in [0, 0.1) is 11.6 Å². The molecule has 0 aliphatic rings. The van der Waals surface area contributed by atoms with Gasteiger partial charge in [-0.05, 0) is 54.3 Å². The van der Waals surface area contributed by atoms with Crippen LogP contribution in [0.2, 0.25) is 0 Å². The van der Waals surface area contributed by atoms with Crippen LogP contribution in [-0.4, -0.2) is 30.0 Å². The predicted molar refractivity (Wildman–Crippen MR) is 158 cm³/mol. The molecule has 9 heteroatoms. The van der Waals surface area contributed by atoms with Gasteiger partial charge in [0, 0.05) is 58.4 Å². The van der Waals surface area contributed by atoms with E-state index in [4.69, 9.17) is 4.74 Å². The molecule has 1 N–H and O–H groups in total. The lowest BCUT2D eigenvalue weighted by Gasteiger charge is -2.16. The number of hydrogen-bond donors (Lipinski definition) is 1. The van der Waals surface area contributed by atoms with Gasteiger partial charge in [-0.1, -0.05) is 27.7 Å². The van der Waals surface area contributed by atoms with Crippen LogP contribution in [-0.2, 0) is 0 Å². The number of pyridine rings is 5. The van der Waals surface area contributed by atoms with Gasteiger partial charge in [0.1, 0.15) is 28.3 Å². The first-order valence-electron chi connectivity index (χ1n) is 13.6. The van der Waals surface area contributed by atoms with Crippen molar-refractivity contribution in [2.24, 2.45) is 0 Å². The molecular weight excluding hydrogens is 536 g/mol. The highest BCUT2D eigenvalue weighted by Crippen LogP contribution is 2.38. The highest BCUT2D eigenvalue weighted by Gasteiger charge is 2.18. The molecule has 7 nitrogen and oxygen atoms in total. The molecule has 0 bridgehead atoms. The largest absolute Gasteiger partial charge is 0.506 e. The van der Waals surface area contributed by atoms with Gasteiger partial charge in [0.2, 0.25) is 0 Å². The van der Waals surface area contributed by atoms with Gasteiger partial charge in [0.15, 0.2) is 11.6 Å². The highest BCUT2D eigenvalue weighted by atomic mass is 19.2. The minimum atomic E-state index is -0.975. The molecule has 0 saturated heterocycles. The van der Waals surface area contributed by atoms with E-state index in [1.54, 1.807) is 43.0 Å². The van der Waals surface area contributed by atoms with Crippen LogP contribution in [0.4, 0.5) is 8.78 Å². The lowest BCUT2D eigenvalue weighted by molar-refractivity contribution is 0.460. The lowest BCUT2D eigenvalue weighted by atomic mass is 10.0. The smallest absolute Gasteiger partial charge is 0.184 e. The third-order valence-electron chi connectivity index (χ3n) is 7.06. The monoisotopic (exact) mass is 563 g/mol. The Morgan fingerprint density at radius 1 is 0.667 bits per heavy atom. The summed E-state index contributed by atoms with van der Waals surface area (Å²) in [6.45, 7) is 7.99. The number of ether oxygens (including phenoxy) is 1. The quantitative estimate of drug-likeness (QED) is 0.218. The fourth-order valence-electron chi connectivity index (χ4n) is 4.94. The van der Waals surface area contributed by atoms with Crippen LogP contribution < -0.4 is 4.74 Å². The Labute approximate surface area is 240 Å². The number of halogens is 2. The molecule has 0 aliphatic carbocycles. The molecule has 0 radical (unpaired) electrons. The summed E-state index contributed by atoms with van der Waals surface area (Å²) in [5.74, 6) is -0.587. The molecule has 0 unspecified atom stereocenters. The van der Waals surface area contributed by atoms with Crippen molar-refractivity contribution in [3.63, 3.8) is 0 Å². The summed E-state index contributed by atoms with van der Waals surface area (Å²) in [5, 5.41) is 11.7. The van der Waals surface area contributed by atoms with Crippen LogP contribution in [0.1, 0.15) is 50.9 Å². The van der Waals surface area contributed by atoms with Crippen molar-refractivity contribution in [2.75, 3.05) is 0 Å². The van der Waals surface area contributed by atoms with Crippen molar-refractivity contribution in [3.8, 4) is 39.6 Å². The average Bonchev–Trinajstić information content (AvgIpc) is 2.98. The summed E-state index contributed by atoms with van der Waals surface area (Å²) in [6.07, 6.45) is 8.22. The van der Waals surface area contributed by atoms with Crippen molar-refractivity contribution in [1.29, 1.82) is 0 Å². The Morgan fingerprint density at radius 2 is 1.36 bits per heavy atom. The molecule has 6 aromatic rings. The zero-order chi connectivity index (χ0) is 29.5. The molecule has 210 valence electrons. The Hall–Kier alpha value is -5.05. The van der Waals surface area contributed by atoms with E-state index >= 15 is 0 Å². The normalized spacial score (nSPS) is 11.6. The predicted octanol–water partition coefficient (Wildman–Crippen LogP) is 8.32. The van der Waals surface area contributed by atoms with Gasteiger partial charge in [0.05, 0.1) is 17.1 Å². The maximum absolute atomic E-state index is 14.2. The van der Waals surface area contributed by atoms with Crippen molar-refractivity contribution >= 4 is 21.8 Å². The minimum Gasteiger partial charge on any atom is -0.506 e. The standard InChI is InChI=1S/C33H27F2N5O2/c1-17(2)29-25(41)12-22(16-38-29)32-33-23(7-9-36-32)26(8-10-37-33)42-27-13-21(15-39-30(27)18(3)4)20-11-19-5-6-24(34)28(35)31(19)40-14-20/h5-18,41H,1-4H3. The van der Waals surface area contributed by atoms with Gasteiger partial charge in [-0.15, -0.1) is 0 Å². The number of hydrogen-bond acceptors (Lipinski definition) is 7. The first-order valence-corrected chi connectivity index (χ1v) is 13.6. The summed E-state index contributed by atoms with van der Waals surface area (Å²) >= 11 is 0. The summed E-state index contributed by atoms with van der Waals surface area (Å²) in [4.78, 5) is 22.4. The molecule has 0 fully saturated rings. The zero-order valence-corrected chi connectivity index (χ0v) is 23.4. The van der Waals surface area contributed by atoms with E-state index in [1.807, 2.05) is 39.8 Å². The van der Waals surface area contributed by atoms with E-state index in [-0.39, 0.29) is 23.1 Å². The third kappa shape index (κ3) is 4.87. The second-order valence-electron chi connectivity index (χ2n) is 10.7. The van der Waals surface area contributed by atoms with E-state index in [1.165, 1.54) is 12.3 Å². The molecule has 42 heavy (non-hydrogen) atoms. The fraction of sp³-hybridized carbons (Fsp3) is 0.182. The van der Waals surface area contributed by atoms with Crippen LogP contribution in [0.25, 0.3) is 44.2 Å². The van der Waals surface area contributed by atoms with Crippen molar-refractivity contribution in [1.82, 2.24) is 24.9 Å². The van der Waals surface area contributed by atoms with Gasteiger partial charge >= 0.3 is 0 Å². The maximum atomic E-state index is 14.2. The van der Waals surface area contributed by atoms with Crippen LogP contribution >= 0.6 is 0 Å². The number of aromatic hydroxyl groups is 1. The molecule has 0 amide bonds. The number of fused-ring (bicyclic) bond motifs is 2. The van der Waals surface area contributed by atoms with Gasteiger partial charge < -0.3 is 9.84 Å². The minimum absolute atomic E-state index is 0.0305.